The molecule has 8 heteroatoms. The van der Waals surface area contributed by atoms with Crippen molar-refractivity contribution >= 4 is 28.5 Å². The standard InChI is InChI=1S/C22H26N4O4/c1-4-26-13-16(12-23-26)24-21(27)15-7-9-25(10-8-15)22(28)20-14(2)18-11-17(29-3)5-6-19(18)30-20/h5-6,11-13,15H,4,7-10H2,1-3H3,(H,24,27). The monoisotopic (exact) mass is 410 g/mol. The molecule has 1 saturated heterocycles. The largest absolute Gasteiger partial charge is 0.497 e. The number of fused-ring (bicyclic) bond motifs is 1. The zero-order chi connectivity index (χ0) is 21.3. The molecule has 0 atom stereocenters. The summed E-state index contributed by atoms with van der Waals surface area (Å²) >= 11 is 0. The number of carbonyl (C=O) groups excluding carboxylic acids is 2. The van der Waals surface area contributed by atoms with Crippen LogP contribution in [0.3, 0.4) is 0 Å². The van der Waals surface area contributed by atoms with Gasteiger partial charge in [-0.15, -0.1) is 0 Å². The predicted octanol–water partition coefficient (Wildman–Crippen LogP) is 3.46. The molecular formula is C22H26N4O4. The Kier molecular flexibility index (Phi) is 5.48. The molecule has 158 valence electrons. The fraction of sp³-hybridized carbons (Fsp3) is 0.409. The number of likely N-dealkylation sites (tertiary alicyclic amines) is 1. The lowest BCUT2D eigenvalue weighted by atomic mass is 9.95. The van der Waals surface area contributed by atoms with Gasteiger partial charge >= 0.3 is 0 Å². The summed E-state index contributed by atoms with van der Waals surface area (Å²) in [6, 6.07) is 5.51. The van der Waals surface area contributed by atoms with Crippen LogP contribution in [0.5, 0.6) is 5.75 Å². The summed E-state index contributed by atoms with van der Waals surface area (Å²) in [5, 5.41) is 7.97. The second-order valence-corrected chi connectivity index (χ2v) is 7.56. The number of aryl methyl sites for hydroxylation is 2. The SMILES string of the molecule is CCn1cc(NC(=O)C2CCN(C(=O)c3oc4ccc(OC)cc4c3C)CC2)cn1. The number of nitrogens with one attached hydrogen (secondary N) is 1. The highest BCUT2D eigenvalue weighted by molar-refractivity contribution is 5.99. The quantitative estimate of drug-likeness (QED) is 0.696. The van der Waals surface area contributed by atoms with Gasteiger partial charge in [-0.05, 0) is 44.9 Å². The van der Waals surface area contributed by atoms with Crippen LogP contribution in [0.2, 0.25) is 0 Å². The molecule has 0 saturated carbocycles. The molecule has 0 radical (unpaired) electrons. The number of furan rings is 1. The Morgan fingerprint density at radius 2 is 2.07 bits per heavy atom. The van der Waals surface area contributed by atoms with Gasteiger partial charge in [0, 0.05) is 42.7 Å². The van der Waals surface area contributed by atoms with Gasteiger partial charge in [-0.25, -0.2) is 0 Å². The van der Waals surface area contributed by atoms with Crippen molar-refractivity contribution in [3.63, 3.8) is 0 Å². The molecule has 1 aliphatic rings. The fourth-order valence-electron chi connectivity index (χ4n) is 3.86. The zero-order valence-corrected chi connectivity index (χ0v) is 17.5. The number of rotatable bonds is 5. The molecule has 0 spiro atoms. The summed E-state index contributed by atoms with van der Waals surface area (Å²) in [6.07, 6.45) is 4.70. The van der Waals surface area contributed by atoms with Gasteiger partial charge in [0.1, 0.15) is 11.3 Å². The first-order chi connectivity index (χ1) is 14.5. The molecule has 0 aliphatic carbocycles. The molecule has 1 aliphatic heterocycles. The van der Waals surface area contributed by atoms with Gasteiger partial charge in [-0.1, -0.05) is 0 Å². The normalized spacial score (nSPS) is 14.8. The van der Waals surface area contributed by atoms with Crippen LogP contribution in [0.1, 0.15) is 35.9 Å². The number of hydrogen-bond donors (Lipinski definition) is 1. The van der Waals surface area contributed by atoms with E-state index < -0.39 is 0 Å². The van der Waals surface area contributed by atoms with Gasteiger partial charge in [0.15, 0.2) is 5.76 Å². The number of piperidine rings is 1. The maximum atomic E-state index is 13.0. The molecule has 0 unspecified atom stereocenters. The van der Waals surface area contributed by atoms with E-state index in [0.717, 1.165) is 23.2 Å². The number of carbonyl (C=O) groups is 2. The highest BCUT2D eigenvalue weighted by atomic mass is 16.5. The van der Waals surface area contributed by atoms with E-state index in [1.54, 1.807) is 22.9 Å². The Morgan fingerprint density at radius 3 is 2.73 bits per heavy atom. The number of nitrogens with zero attached hydrogens (tertiary/aromatic N) is 3. The lowest BCUT2D eigenvalue weighted by Gasteiger charge is -2.30. The first-order valence-corrected chi connectivity index (χ1v) is 10.2. The third-order valence-electron chi connectivity index (χ3n) is 5.72. The highest BCUT2D eigenvalue weighted by Crippen LogP contribution is 2.30. The minimum atomic E-state index is -0.134. The van der Waals surface area contributed by atoms with Crippen molar-refractivity contribution in [1.29, 1.82) is 0 Å². The van der Waals surface area contributed by atoms with Gasteiger partial charge in [0.05, 0.1) is 19.0 Å². The molecule has 3 heterocycles. The van der Waals surface area contributed by atoms with Crippen molar-refractivity contribution in [2.45, 2.75) is 33.2 Å². The van der Waals surface area contributed by atoms with Crippen molar-refractivity contribution in [2.24, 2.45) is 5.92 Å². The third kappa shape index (κ3) is 3.77. The van der Waals surface area contributed by atoms with Crippen LogP contribution in [0.15, 0.2) is 35.0 Å². The topological polar surface area (TPSA) is 89.6 Å². The first kappa shape index (κ1) is 20.0. The lowest BCUT2D eigenvalue weighted by Crippen LogP contribution is -2.41. The van der Waals surface area contributed by atoms with Gasteiger partial charge in [-0.3, -0.25) is 14.3 Å². The average Bonchev–Trinajstić information content (AvgIpc) is 3.37. The Hall–Kier alpha value is -3.29. The molecule has 4 rings (SSSR count). The number of benzene rings is 1. The minimum absolute atomic E-state index is 0.0234. The number of aromatic nitrogens is 2. The Morgan fingerprint density at radius 1 is 1.30 bits per heavy atom. The first-order valence-electron chi connectivity index (χ1n) is 10.2. The van der Waals surface area contributed by atoms with Crippen molar-refractivity contribution in [3.8, 4) is 5.75 Å². The summed E-state index contributed by atoms with van der Waals surface area (Å²) in [5.74, 6) is 0.797. The van der Waals surface area contributed by atoms with E-state index in [1.807, 2.05) is 38.2 Å². The fourth-order valence-corrected chi connectivity index (χ4v) is 3.86. The summed E-state index contributed by atoms with van der Waals surface area (Å²) in [7, 11) is 1.61. The molecule has 3 aromatic rings. The number of anilines is 1. The maximum Gasteiger partial charge on any atom is 0.289 e. The van der Waals surface area contributed by atoms with Gasteiger partial charge in [0.25, 0.3) is 5.91 Å². The van der Waals surface area contributed by atoms with Crippen molar-refractivity contribution in [3.05, 3.63) is 41.9 Å². The molecule has 1 aromatic carbocycles. The smallest absolute Gasteiger partial charge is 0.289 e. The minimum Gasteiger partial charge on any atom is -0.497 e. The molecule has 1 fully saturated rings. The molecule has 2 amide bonds. The number of ether oxygens (including phenoxy) is 1. The Balaban J connectivity index is 1.40. The van der Waals surface area contributed by atoms with E-state index in [4.69, 9.17) is 9.15 Å². The molecule has 8 nitrogen and oxygen atoms in total. The van der Waals surface area contributed by atoms with Crippen LogP contribution in [0.25, 0.3) is 11.0 Å². The summed E-state index contributed by atoms with van der Waals surface area (Å²) in [5.41, 5.74) is 2.17. The second kappa shape index (κ2) is 8.22. The van der Waals surface area contributed by atoms with Gasteiger partial charge in [-0.2, -0.15) is 5.10 Å². The predicted molar refractivity (Wildman–Crippen MR) is 113 cm³/mol. The zero-order valence-electron chi connectivity index (χ0n) is 17.5. The number of hydrogen-bond acceptors (Lipinski definition) is 5. The number of amides is 2. The van der Waals surface area contributed by atoms with E-state index >= 15 is 0 Å². The molecule has 1 N–H and O–H groups in total. The molecule has 30 heavy (non-hydrogen) atoms. The van der Waals surface area contributed by atoms with Crippen LogP contribution < -0.4 is 10.1 Å². The number of methoxy groups -OCH3 is 1. The molecule has 2 aromatic heterocycles. The molecular weight excluding hydrogens is 384 g/mol. The van der Waals surface area contributed by atoms with E-state index in [0.29, 0.717) is 43.0 Å². The Labute approximate surface area is 174 Å². The average molecular weight is 410 g/mol. The van der Waals surface area contributed by atoms with Crippen LogP contribution in [0.4, 0.5) is 5.69 Å². The summed E-state index contributed by atoms with van der Waals surface area (Å²) in [6.45, 7) is 5.67. The highest BCUT2D eigenvalue weighted by Gasteiger charge is 2.30. The summed E-state index contributed by atoms with van der Waals surface area (Å²) < 4.78 is 12.9. The van der Waals surface area contributed by atoms with E-state index in [1.165, 1.54) is 0 Å². The van der Waals surface area contributed by atoms with Crippen molar-refractivity contribution in [1.82, 2.24) is 14.7 Å². The third-order valence-corrected chi connectivity index (χ3v) is 5.72. The maximum absolute atomic E-state index is 13.0. The van der Waals surface area contributed by atoms with Crippen LogP contribution in [0, 0.1) is 12.8 Å². The summed E-state index contributed by atoms with van der Waals surface area (Å²) in [4.78, 5) is 27.4. The van der Waals surface area contributed by atoms with Crippen LogP contribution in [-0.2, 0) is 11.3 Å². The van der Waals surface area contributed by atoms with E-state index in [9.17, 15) is 9.59 Å². The van der Waals surface area contributed by atoms with E-state index in [2.05, 4.69) is 10.4 Å². The van der Waals surface area contributed by atoms with Crippen LogP contribution in [-0.4, -0.2) is 46.7 Å². The van der Waals surface area contributed by atoms with Gasteiger partial charge < -0.3 is 19.4 Å². The van der Waals surface area contributed by atoms with Crippen molar-refractivity contribution in [2.75, 3.05) is 25.5 Å². The molecule has 0 bridgehead atoms. The van der Waals surface area contributed by atoms with E-state index in [-0.39, 0.29) is 17.7 Å². The van der Waals surface area contributed by atoms with Crippen molar-refractivity contribution < 1.29 is 18.7 Å². The van der Waals surface area contributed by atoms with Gasteiger partial charge in [0.2, 0.25) is 5.91 Å². The van der Waals surface area contributed by atoms with Crippen LogP contribution >= 0.6 is 0 Å². The lowest BCUT2D eigenvalue weighted by molar-refractivity contribution is -0.121. The second-order valence-electron chi connectivity index (χ2n) is 7.56. The Bertz CT molecular complexity index is 1080.